The van der Waals surface area contributed by atoms with Crippen LogP contribution in [0, 0.1) is 17.5 Å². The Morgan fingerprint density at radius 1 is 1.11 bits per heavy atom. The molecule has 0 fully saturated rings. The van der Waals surface area contributed by atoms with Crippen molar-refractivity contribution in [2.24, 2.45) is 0 Å². The molecular formula is C13H11F3N2. The maximum Gasteiger partial charge on any atom is 0.194 e. The molecule has 0 radical (unpaired) electrons. The predicted octanol–water partition coefficient (Wildman–Crippen LogP) is 3.60. The van der Waals surface area contributed by atoms with Crippen LogP contribution < -0.4 is 5.32 Å². The average molecular weight is 252 g/mol. The van der Waals surface area contributed by atoms with Crippen molar-refractivity contribution in [2.75, 3.05) is 11.9 Å². The minimum absolute atomic E-state index is 0.200. The second-order valence-electron chi connectivity index (χ2n) is 3.69. The average Bonchev–Trinajstić information content (AvgIpc) is 2.36. The van der Waals surface area contributed by atoms with Crippen LogP contribution in [0.25, 0.3) is 11.3 Å². The molecule has 0 aliphatic rings. The highest BCUT2D eigenvalue weighted by molar-refractivity contribution is 5.61. The molecule has 0 unspecified atom stereocenters. The van der Waals surface area contributed by atoms with E-state index < -0.39 is 17.5 Å². The normalized spacial score (nSPS) is 10.4. The Labute approximate surface area is 102 Å². The van der Waals surface area contributed by atoms with E-state index in [2.05, 4.69) is 10.3 Å². The minimum atomic E-state index is -1.47. The van der Waals surface area contributed by atoms with Crippen LogP contribution in [0.5, 0.6) is 0 Å². The van der Waals surface area contributed by atoms with Gasteiger partial charge in [0.1, 0.15) is 5.82 Å². The van der Waals surface area contributed by atoms with Crippen LogP contribution in [0.3, 0.4) is 0 Å². The van der Waals surface area contributed by atoms with E-state index in [1.54, 1.807) is 18.2 Å². The summed E-state index contributed by atoms with van der Waals surface area (Å²) in [5, 5.41) is 2.99. The van der Waals surface area contributed by atoms with Gasteiger partial charge in [-0.25, -0.2) is 18.2 Å². The van der Waals surface area contributed by atoms with Crippen LogP contribution >= 0.6 is 0 Å². The number of nitrogens with zero attached hydrogens (tertiary/aromatic N) is 1. The lowest BCUT2D eigenvalue weighted by Gasteiger charge is -2.06. The van der Waals surface area contributed by atoms with Crippen molar-refractivity contribution in [1.29, 1.82) is 0 Å². The van der Waals surface area contributed by atoms with Crippen molar-refractivity contribution < 1.29 is 13.2 Å². The molecule has 2 aromatic rings. The third kappa shape index (κ3) is 2.45. The standard InChI is InChI=1S/C13H11F3N2/c1-2-17-12-5-3-4-11(18-12)8-6-9(14)13(16)10(15)7-8/h3-7H,2H2,1H3,(H,17,18). The first-order valence-electron chi connectivity index (χ1n) is 5.47. The van der Waals surface area contributed by atoms with E-state index in [0.717, 1.165) is 12.1 Å². The monoisotopic (exact) mass is 252 g/mol. The molecule has 2 nitrogen and oxygen atoms in total. The highest BCUT2D eigenvalue weighted by atomic mass is 19.2. The van der Waals surface area contributed by atoms with Crippen molar-refractivity contribution in [1.82, 2.24) is 4.98 Å². The van der Waals surface area contributed by atoms with E-state index in [1.807, 2.05) is 6.92 Å². The molecule has 1 aromatic carbocycles. The summed E-state index contributed by atoms with van der Waals surface area (Å²) in [6, 6.07) is 6.91. The molecule has 0 aliphatic carbocycles. The lowest BCUT2D eigenvalue weighted by Crippen LogP contribution is -2.00. The summed E-state index contributed by atoms with van der Waals surface area (Å²) in [6.45, 7) is 2.59. The summed E-state index contributed by atoms with van der Waals surface area (Å²) in [7, 11) is 0. The van der Waals surface area contributed by atoms with Crippen LogP contribution in [0.15, 0.2) is 30.3 Å². The fourth-order valence-corrected chi connectivity index (χ4v) is 1.58. The van der Waals surface area contributed by atoms with Gasteiger partial charge in [-0.2, -0.15) is 0 Å². The van der Waals surface area contributed by atoms with Crippen molar-refractivity contribution >= 4 is 5.82 Å². The summed E-state index contributed by atoms with van der Waals surface area (Å²) in [4.78, 5) is 4.18. The van der Waals surface area contributed by atoms with Gasteiger partial charge in [-0.15, -0.1) is 0 Å². The highest BCUT2D eigenvalue weighted by Crippen LogP contribution is 2.23. The molecule has 0 amide bonds. The Bertz CT molecular complexity index is 547. The molecule has 2 rings (SSSR count). The molecule has 1 N–H and O–H groups in total. The number of pyridine rings is 1. The van der Waals surface area contributed by atoms with E-state index in [4.69, 9.17) is 0 Å². The molecule has 94 valence electrons. The number of benzene rings is 1. The van der Waals surface area contributed by atoms with Crippen molar-refractivity contribution in [2.45, 2.75) is 6.92 Å². The lowest BCUT2D eigenvalue weighted by atomic mass is 10.1. The maximum absolute atomic E-state index is 13.1. The Morgan fingerprint density at radius 3 is 2.39 bits per heavy atom. The Hall–Kier alpha value is -2.04. The second kappa shape index (κ2) is 5.08. The molecule has 5 heteroatoms. The second-order valence-corrected chi connectivity index (χ2v) is 3.69. The van der Waals surface area contributed by atoms with E-state index in [1.165, 1.54) is 0 Å². The van der Waals surface area contributed by atoms with Crippen LogP contribution in [0.2, 0.25) is 0 Å². The van der Waals surface area contributed by atoms with E-state index in [0.29, 0.717) is 18.1 Å². The predicted molar refractivity (Wildman–Crippen MR) is 63.7 cm³/mol. The van der Waals surface area contributed by atoms with Gasteiger partial charge in [-0.05, 0) is 31.2 Å². The first-order chi connectivity index (χ1) is 8.61. The summed E-state index contributed by atoms with van der Waals surface area (Å²) in [6.07, 6.45) is 0. The minimum Gasteiger partial charge on any atom is -0.370 e. The van der Waals surface area contributed by atoms with Crippen molar-refractivity contribution in [3.8, 4) is 11.3 Å². The summed E-state index contributed by atoms with van der Waals surface area (Å²) in [5.41, 5.74) is 0.581. The Kier molecular flexibility index (Phi) is 3.50. The number of nitrogens with one attached hydrogen (secondary N) is 1. The van der Waals surface area contributed by atoms with Gasteiger partial charge in [0.2, 0.25) is 0 Å². The first kappa shape index (κ1) is 12.4. The van der Waals surface area contributed by atoms with Gasteiger partial charge in [0.05, 0.1) is 5.69 Å². The first-order valence-corrected chi connectivity index (χ1v) is 5.47. The molecule has 1 heterocycles. The summed E-state index contributed by atoms with van der Waals surface area (Å²) < 4.78 is 39.1. The summed E-state index contributed by atoms with van der Waals surface area (Å²) in [5.74, 6) is -3.32. The molecule has 0 aliphatic heterocycles. The zero-order chi connectivity index (χ0) is 13.1. The van der Waals surface area contributed by atoms with Crippen molar-refractivity contribution in [3.05, 3.63) is 47.8 Å². The summed E-state index contributed by atoms with van der Waals surface area (Å²) >= 11 is 0. The van der Waals surface area contributed by atoms with Gasteiger partial charge in [-0.3, -0.25) is 0 Å². The van der Waals surface area contributed by atoms with Gasteiger partial charge < -0.3 is 5.32 Å². The van der Waals surface area contributed by atoms with Gasteiger partial charge in [0.15, 0.2) is 17.5 Å². The fraction of sp³-hybridized carbons (Fsp3) is 0.154. The quantitative estimate of drug-likeness (QED) is 0.844. The van der Waals surface area contributed by atoms with E-state index in [9.17, 15) is 13.2 Å². The topological polar surface area (TPSA) is 24.9 Å². The molecule has 18 heavy (non-hydrogen) atoms. The Morgan fingerprint density at radius 2 is 1.78 bits per heavy atom. The highest BCUT2D eigenvalue weighted by Gasteiger charge is 2.12. The molecule has 0 spiro atoms. The van der Waals surface area contributed by atoms with E-state index >= 15 is 0 Å². The zero-order valence-electron chi connectivity index (χ0n) is 9.67. The molecule has 0 saturated heterocycles. The molecule has 0 atom stereocenters. The number of halogens is 3. The van der Waals surface area contributed by atoms with Gasteiger partial charge in [0.25, 0.3) is 0 Å². The number of hydrogen-bond acceptors (Lipinski definition) is 2. The van der Waals surface area contributed by atoms with Crippen LogP contribution in [-0.4, -0.2) is 11.5 Å². The maximum atomic E-state index is 13.1. The fourth-order valence-electron chi connectivity index (χ4n) is 1.58. The molecule has 0 bridgehead atoms. The largest absolute Gasteiger partial charge is 0.370 e. The number of anilines is 1. The Balaban J connectivity index is 2.45. The third-order valence-corrected chi connectivity index (χ3v) is 2.39. The molecule has 0 saturated carbocycles. The van der Waals surface area contributed by atoms with Gasteiger partial charge >= 0.3 is 0 Å². The number of hydrogen-bond donors (Lipinski definition) is 1. The smallest absolute Gasteiger partial charge is 0.194 e. The van der Waals surface area contributed by atoms with Crippen molar-refractivity contribution in [3.63, 3.8) is 0 Å². The van der Waals surface area contributed by atoms with E-state index in [-0.39, 0.29) is 5.56 Å². The number of rotatable bonds is 3. The lowest BCUT2D eigenvalue weighted by molar-refractivity contribution is 0.447. The SMILES string of the molecule is CCNc1cccc(-c2cc(F)c(F)c(F)c2)n1. The van der Waals surface area contributed by atoms with Gasteiger partial charge in [-0.1, -0.05) is 6.07 Å². The third-order valence-electron chi connectivity index (χ3n) is 2.39. The molecule has 1 aromatic heterocycles. The van der Waals surface area contributed by atoms with Crippen LogP contribution in [-0.2, 0) is 0 Å². The van der Waals surface area contributed by atoms with Crippen LogP contribution in [0.4, 0.5) is 19.0 Å². The number of aromatic nitrogens is 1. The zero-order valence-corrected chi connectivity index (χ0v) is 9.67. The van der Waals surface area contributed by atoms with Crippen LogP contribution in [0.1, 0.15) is 6.92 Å². The van der Waals surface area contributed by atoms with Gasteiger partial charge in [0, 0.05) is 12.1 Å². The molecular weight excluding hydrogens is 241 g/mol.